The first-order valence-corrected chi connectivity index (χ1v) is 8.29. The molecule has 1 aromatic rings. The fourth-order valence-corrected chi connectivity index (χ4v) is 2.94. The molecule has 136 valence electrons. The highest BCUT2D eigenvalue weighted by molar-refractivity contribution is 5.80. The lowest BCUT2D eigenvalue weighted by Gasteiger charge is -2.35. The molecule has 0 bridgehead atoms. The van der Waals surface area contributed by atoms with Crippen LogP contribution in [0.4, 0.5) is 0 Å². The van der Waals surface area contributed by atoms with Crippen molar-refractivity contribution in [3.05, 3.63) is 35.4 Å². The van der Waals surface area contributed by atoms with E-state index in [-0.39, 0.29) is 31.3 Å². The molecule has 0 spiro atoms. The van der Waals surface area contributed by atoms with Crippen LogP contribution in [0, 0.1) is 6.92 Å². The molecule has 1 fully saturated rings. The number of amides is 2. The Morgan fingerprint density at radius 3 is 2.60 bits per heavy atom. The summed E-state index contributed by atoms with van der Waals surface area (Å²) in [5.41, 5.74) is 1.93. The molecule has 1 saturated heterocycles. The second kappa shape index (κ2) is 8.62. The van der Waals surface area contributed by atoms with Gasteiger partial charge in [-0.1, -0.05) is 29.8 Å². The number of nitrogens with zero attached hydrogens (tertiary/aromatic N) is 1. The molecule has 1 heterocycles. The summed E-state index contributed by atoms with van der Waals surface area (Å²) in [4.78, 5) is 36.8. The van der Waals surface area contributed by atoms with Crippen LogP contribution in [0.5, 0.6) is 0 Å². The standard InChI is InChI=1S/C18H24N2O5/c1-12-3-5-14(6-4-12)16(19-13(2)21)10-17(22)20-7-8-25-11-15(20)9-18(23)24/h3-6,15-16H,7-11H2,1-2H3,(H,19,21)(H,23,24). The lowest BCUT2D eigenvalue weighted by Crippen LogP contribution is -2.50. The summed E-state index contributed by atoms with van der Waals surface area (Å²) < 4.78 is 5.30. The number of carboxylic acid groups (broad SMARTS) is 1. The third-order valence-corrected chi connectivity index (χ3v) is 4.19. The molecule has 2 unspecified atom stereocenters. The molecule has 7 heteroatoms. The van der Waals surface area contributed by atoms with Gasteiger partial charge in [-0.3, -0.25) is 14.4 Å². The van der Waals surface area contributed by atoms with Crippen molar-refractivity contribution in [1.82, 2.24) is 10.2 Å². The Labute approximate surface area is 147 Å². The summed E-state index contributed by atoms with van der Waals surface area (Å²) in [6.45, 7) is 4.34. The van der Waals surface area contributed by atoms with E-state index in [1.165, 1.54) is 6.92 Å². The zero-order valence-electron chi connectivity index (χ0n) is 14.5. The van der Waals surface area contributed by atoms with Crippen LogP contribution >= 0.6 is 0 Å². The minimum Gasteiger partial charge on any atom is -0.481 e. The van der Waals surface area contributed by atoms with Crippen molar-refractivity contribution in [1.29, 1.82) is 0 Å². The smallest absolute Gasteiger partial charge is 0.305 e. The number of carbonyl (C=O) groups excluding carboxylic acids is 2. The van der Waals surface area contributed by atoms with E-state index in [9.17, 15) is 14.4 Å². The predicted molar refractivity (Wildman–Crippen MR) is 90.9 cm³/mol. The van der Waals surface area contributed by atoms with Gasteiger partial charge in [0.1, 0.15) is 0 Å². The van der Waals surface area contributed by atoms with E-state index in [4.69, 9.17) is 9.84 Å². The molecule has 1 aromatic carbocycles. The molecule has 0 saturated carbocycles. The highest BCUT2D eigenvalue weighted by Gasteiger charge is 2.30. The lowest BCUT2D eigenvalue weighted by atomic mass is 10.0. The molecule has 1 aliphatic heterocycles. The van der Waals surface area contributed by atoms with Gasteiger partial charge in [-0.05, 0) is 12.5 Å². The van der Waals surface area contributed by atoms with Gasteiger partial charge in [0.05, 0.1) is 38.1 Å². The minimum atomic E-state index is -0.967. The molecule has 0 aromatic heterocycles. The largest absolute Gasteiger partial charge is 0.481 e. The zero-order valence-corrected chi connectivity index (χ0v) is 14.5. The zero-order chi connectivity index (χ0) is 18.4. The van der Waals surface area contributed by atoms with Crippen molar-refractivity contribution in [2.75, 3.05) is 19.8 Å². The van der Waals surface area contributed by atoms with Gasteiger partial charge >= 0.3 is 5.97 Å². The first-order chi connectivity index (χ1) is 11.9. The number of carbonyl (C=O) groups is 3. The maximum absolute atomic E-state index is 12.7. The van der Waals surface area contributed by atoms with Crippen LogP contribution in [0.3, 0.4) is 0 Å². The molecule has 2 N–H and O–H groups in total. The van der Waals surface area contributed by atoms with Crippen molar-refractivity contribution < 1.29 is 24.2 Å². The average Bonchev–Trinajstić information content (AvgIpc) is 2.54. The van der Waals surface area contributed by atoms with Crippen LogP contribution in [-0.2, 0) is 19.1 Å². The highest BCUT2D eigenvalue weighted by atomic mass is 16.5. The Kier molecular flexibility index (Phi) is 6.52. The van der Waals surface area contributed by atoms with E-state index < -0.39 is 18.1 Å². The van der Waals surface area contributed by atoms with Crippen molar-refractivity contribution in [3.8, 4) is 0 Å². The van der Waals surface area contributed by atoms with Gasteiger partial charge < -0.3 is 20.1 Å². The summed E-state index contributed by atoms with van der Waals surface area (Å²) in [5, 5.41) is 11.8. The topological polar surface area (TPSA) is 95.9 Å². The van der Waals surface area contributed by atoms with Gasteiger partial charge in [0.25, 0.3) is 0 Å². The Hall–Kier alpha value is -2.41. The van der Waals surface area contributed by atoms with Gasteiger partial charge in [0.2, 0.25) is 11.8 Å². The molecule has 0 radical (unpaired) electrons. The van der Waals surface area contributed by atoms with Gasteiger partial charge in [-0.2, -0.15) is 0 Å². The van der Waals surface area contributed by atoms with Crippen molar-refractivity contribution in [2.45, 2.75) is 38.8 Å². The maximum atomic E-state index is 12.7. The molecule has 1 aliphatic rings. The summed E-state index contributed by atoms with van der Waals surface area (Å²) in [7, 11) is 0. The molecular formula is C18H24N2O5. The third kappa shape index (κ3) is 5.56. The minimum absolute atomic E-state index is 0.0821. The van der Waals surface area contributed by atoms with Crippen LogP contribution in [0.25, 0.3) is 0 Å². The number of aliphatic carboxylic acids is 1. The van der Waals surface area contributed by atoms with E-state index in [0.717, 1.165) is 11.1 Å². The van der Waals surface area contributed by atoms with Crippen molar-refractivity contribution >= 4 is 17.8 Å². The summed E-state index contributed by atoms with van der Waals surface area (Å²) in [5.74, 6) is -1.37. The number of aryl methyl sites for hydroxylation is 1. The molecule has 0 aliphatic carbocycles. The van der Waals surface area contributed by atoms with Gasteiger partial charge in [-0.25, -0.2) is 0 Å². The Bertz CT molecular complexity index is 629. The SMILES string of the molecule is CC(=O)NC(CC(=O)N1CCOCC1CC(=O)O)c1ccc(C)cc1. The number of ether oxygens (including phenoxy) is 1. The second-order valence-electron chi connectivity index (χ2n) is 6.28. The molecular weight excluding hydrogens is 324 g/mol. The van der Waals surface area contributed by atoms with Crippen LogP contribution in [0.15, 0.2) is 24.3 Å². The lowest BCUT2D eigenvalue weighted by molar-refractivity contribution is -0.146. The second-order valence-corrected chi connectivity index (χ2v) is 6.28. The van der Waals surface area contributed by atoms with Crippen molar-refractivity contribution in [3.63, 3.8) is 0 Å². The Morgan fingerprint density at radius 1 is 1.32 bits per heavy atom. The van der Waals surface area contributed by atoms with Gasteiger partial charge in [0, 0.05) is 13.5 Å². The van der Waals surface area contributed by atoms with Crippen LogP contribution < -0.4 is 5.32 Å². The summed E-state index contributed by atoms with van der Waals surface area (Å²) >= 11 is 0. The highest BCUT2D eigenvalue weighted by Crippen LogP contribution is 2.21. The molecule has 2 atom stereocenters. The first-order valence-electron chi connectivity index (χ1n) is 8.29. The van der Waals surface area contributed by atoms with Crippen LogP contribution in [0.1, 0.15) is 36.9 Å². The molecule has 2 rings (SSSR count). The van der Waals surface area contributed by atoms with E-state index in [0.29, 0.717) is 13.2 Å². The third-order valence-electron chi connectivity index (χ3n) is 4.19. The van der Waals surface area contributed by atoms with Gasteiger partial charge in [-0.15, -0.1) is 0 Å². The number of hydrogen-bond donors (Lipinski definition) is 2. The maximum Gasteiger partial charge on any atom is 0.305 e. The van der Waals surface area contributed by atoms with Crippen LogP contribution in [0.2, 0.25) is 0 Å². The van der Waals surface area contributed by atoms with Gasteiger partial charge in [0.15, 0.2) is 0 Å². The number of carboxylic acids is 1. The van der Waals surface area contributed by atoms with E-state index in [1.54, 1.807) is 4.90 Å². The number of morpholine rings is 1. The monoisotopic (exact) mass is 348 g/mol. The number of rotatable bonds is 6. The summed E-state index contributed by atoms with van der Waals surface area (Å²) in [6.07, 6.45) is -0.0696. The fourth-order valence-electron chi connectivity index (χ4n) is 2.94. The first kappa shape index (κ1) is 18.9. The number of benzene rings is 1. The van der Waals surface area contributed by atoms with E-state index in [1.807, 2.05) is 31.2 Å². The van der Waals surface area contributed by atoms with Crippen LogP contribution in [-0.4, -0.2) is 53.6 Å². The fraction of sp³-hybridized carbons (Fsp3) is 0.500. The predicted octanol–water partition coefficient (Wildman–Crippen LogP) is 1.26. The number of nitrogens with one attached hydrogen (secondary N) is 1. The summed E-state index contributed by atoms with van der Waals surface area (Å²) in [6, 6.07) is 6.70. The Balaban J connectivity index is 2.13. The van der Waals surface area contributed by atoms with Crippen molar-refractivity contribution in [2.24, 2.45) is 0 Å². The molecule has 25 heavy (non-hydrogen) atoms. The quantitative estimate of drug-likeness (QED) is 0.807. The average molecular weight is 348 g/mol. The molecule has 2 amide bonds. The Morgan fingerprint density at radius 2 is 2.00 bits per heavy atom. The molecule has 7 nitrogen and oxygen atoms in total. The normalized spacial score (nSPS) is 18.5. The number of hydrogen-bond acceptors (Lipinski definition) is 4. The van der Waals surface area contributed by atoms with E-state index >= 15 is 0 Å². The van der Waals surface area contributed by atoms with E-state index in [2.05, 4.69) is 5.32 Å².